The zero-order chi connectivity index (χ0) is 15.2. The molecule has 1 N–H and O–H groups in total. The highest BCUT2D eigenvalue weighted by atomic mass is 16.6. The van der Waals surface area contributed by atoms with Crippen LogP contribution in [0.15, 0.2) is 23.3 Å². The molecular weight excluding hydrogens is 286 g/mol. The number of carbonyl (C=O) groups is 1. The van der Waals surface area contributed by atoms with Crippen LogP contribution in [0, 0.1) is 0 Å². The molecule has 0 saturated carbocycles. The van der Waals surface area contributed by atoms with Crippen LogP contribution in [0.1, 0.15) is 5.56 Å². The third kappa shape index (κ3) is 3.75. The molecule has 0 atom stereocenters. The van der Waals surface area contributed by atoms with E-state index in [0.29, 0.717) is 44.5 Å². The quantitative estimate of drug-likeness (QED) is 0.637. The van der Waals surface area contributed by atoms with Crippen LogP contribution in [0.25, 0.3) is 0 Å². The van der Waals surface area contributed by atoms with Gasteiger partial charge in [-0.2, -0.15) is 5.10 Å². The number of hydrazone groups is 1. The topological polar surface area (TPSA) is 72.4 Å². The SMILES string of the molecule is O=C(CN1CCOCC1)NN=Cc1cccc2c1OCCO2. The van der Waals surface area contributed by atoms with E-state index in [-0.39, 0.29) is 5.91 Å². The van der Waals surface area contributed by atoms with Crippen molar-refractivity contribution in [1.82, 2.24) is 10.3 Å². The molecule has 3 rings (SSSR count). The molecule has 0 unspecified atom stereocenters. The molecule has 118 valence electrons. The Kier molecular flexibility index (Phi) is 4.87. The van der Waals surface area contributed by atoms with Crippen molar-refractivity contribution >= 4 is 12.1 Å². The average molecular weight is 305 g/mol. The van der Waals surface area contributed by atoms with Crippen molar-refractivity contribution in [3.8, 4) is 11.5 Å². The summed E-state index contributed by atoms with van der Waals surface area (Å²) in [6.07, 6.45) is 1.57. The van der Waals surface area contributed by atoms with Gasteiger partial charge in [-0.3, -0.25) is 9.69 Å². The molecule has 0 radical (unpaired) electrons. The molecule has 2 aliphatic rings. The zero-order valence-electron chi connectivity index (χ0n) is 12.3. The lowest BCUT2D eigenvalue weighted by Crippen LogP contribution is -2.42. The number of benzene rings is 1. The number of amides is 1. The first-order valence-corrected chi connectivity index (χ1v) is 7.33. The summed E-state index contributed by atoms with van der Waals surface area (Å²) >= 11 is 0. The van der Waals surface area contributed by atoms with Crippen LogP contribution in [0.5, 0.6) is 11.5 Å². The van der Waals surface area contributed by atoms with Crippen LogP contribution < -0.4 is 14.9 Å². The van der Waals surface area contributed by atoms with E-state index in [1.807, 2.05) is 23.1 Å². The van der Waals surface area contributed by atoms with E-state index in [4.69, 9.17) is 14.2 Å². The van der Waals surface area contributed by atoms with Gasteiger partial charge in [0.1, 0.15) is 13.2 Å². The number of ether oxygens (including phenoxy) is 3. The lowest BCUT2D eigenvalue weighted by atomic mass is 10.2. The molecule has 0 bridgehead atoms. The van der Waals surface area contributed by atoms with Gasteiger partial charge in [0.25, 0.3) is 5.91 Å². The molecule has 1 aromatic rings. The van der Waals surface area contributed by atoms with E-state index in [1.165, 1.54) is 0 Å². The van der Waals surface area contributed by atoms with Crippen LogP contribution in [-0.4, -0.2) is 63.1 Å². The summed E-state index contributed by atoms with van der Waals surface area (Å²) in [5.41, 5.74) is 3.32. The fraction of sp³-hybridized carbons (Fsp3) is 0.467. The smallest absolute Gasteiger partial charge is 0.254 e. The van der Waals surface area contributed by atoms with Crippen molar-refractivity contribution < 1.29 is 19.0 Å². The summed E-state index contributed by atoms with van der Waals surface area (Å²) in [5, 5.41) is 4.00. The number of rotatable bonds is 4. The maximum absolute atomic E-state index is 11.8. The predicted octanol–water partition coefficient (Wildman–Crippen LogP) is 0.240. The van der Waals surface area contributed by atoms with Gasteiger partial charge in [-0.05, 0) is 12.1 Å². The van der Waals surface area contributed by atoms with Gasteiger partial charge in [0.2, 0.25) is 0 Å². The van der Waals surface area contributed by atoms with E-state index in [9.17, 15) is 4.79 Å². The third-order valence-corrected chi connectivity index (χ3v) is 3.46. The highest BCUT2D eigenvalue weighted by molar-refractivity contribution is 5.86. The molecule has 22 heavy (non-hydrogen) atoms. The molecule has 7 heteroatoms. The summed E-state index contributed by atoms with van der Waals surface area (Å²) < 4.78 is 16.3. The Bertz CT molecular complexity index is 556. The minimum Gasteiger partial charge on any atom is -0.486 e. The van der Waals surface area contributed by atoms with Gasteiger partial charge in [-0.15, -0.1) is 0 Å². The van der Waals surface area contributed by atoms with Crippen molar-refractivity contribution in [3.05, 3.63) is 23.8 Å². The maximum atomic E-state index is 11.8. The Morgan fingerprint density at radius 1 is 1.23 bits per heavy atom. The third-order valence-electron chi connectivity index (χ3n) is 3.46. The summed E-state index contributed by atoms with van der Waals surface area (Å²) in [5.74, 6) is 1.23. The minimum absolute atomic E-state index is 0.139. The number of morpholine rings is 1. The molecule has 0 spiro atoms. The summed E-state index contributed by atoms with van der Waals surface area (Å²) in [7, 11) is 0. The first-order chi connectivity index (χ1) is 10.8. The Balaban J connectivity index is 1.54. The van der Waals surface area contributed by atoms with Gasteiger partial charge in [-0.25, -0.2) is 5.43 Å². The van der Waals surface area contributed by atoms with E-state index < -0.39 is 0 Å². The Morgan fingerprint density at radius 2 is 2.05 bits per heavy atom. The van der Waals surface area contributed by atoms with E-state index in [0.717, 1.165) is 18.7 Å². The average Bonchev–Trinajstić information content (AvgIpc) is 2.56. The number of hydrogen-bond donors (Lipinski definition) is 1. The second-order valence-corrected chi connectivity index (χ2v) is 5.05. The molecule has 1 saturated heterocycles. The summed E-state index contributed by atoms with van der Waals surface area (Å²) in [6.45, 7) is 4.27. The monoisotopic (exact) mass is 305 g/mol. The van der Waals surface area contributed by atoms with Gasteiger partial charge < -0.3 is 14.2 Å². The Labute approximate surface area is 128 Å². The predicted molar refractivity (Wildman–Crippen MR) is 80.4 cm³/mol. The van der Waals surface area contributed by atoms with E-state index in [2.05, 4.69) is 10.5 Å². The molecule has 0 aromatic heterocycles. The molecule has 2 aliphatic heterocycles. The maximum Gasteiger partial charge on any atom is 0.254 e. The lowest BCUT2D eigenvalue weighted by molar-refractivity contribution is -0.123. The number of fused-ring (bicyclic) bond motifs is 1. The van der Waals surface area contributed by atoms with Crippen LogP contribution in [0.4, 0.5) is 0 Å². The molecule has 1 aromatic carbocycles. The van der Waals surface area contributed by atoms with Crippen LogP contribution >= 0.6 is 0 Å². The van der Waals surface area contributed by atoms with Crippen LogP contribution in [-0.2, 0) is 9.53 Å². The summed E-state index contributed by atoms with van der Waals surface area (Å²) in [4.78, 5) is 13.9. The first-order valence-electron chi connectivity index (χ1n) is 7.33. The van der Waals surface area contributed by atoms with Crippen molar-refractivity contribution in [2.45, 2.75) is 0 Å². The van der Waals surface area contributed by atoms with E-state index >= 15 is 0 Å². The first kappa shape index (κ1) is 14.8. The van der Waals surface area contributed by atoms with Gasteiger partial charge in [0.15, 0.2) is 11.5 Å². The molecular formula is C15H19N3O4. The van der Waals surface area contributed by atoms with Gasteiger partial charge in [0.05, 0.1) is 26.0 Å². The van der Waals surface area contributed by atoms with Gasteiger partial charge in [-0.1, -0.05) is 6.07 Å². The normalized spacial score (nSPS) is 18.4. The Morgan fingerprint density at radius 3 is 2.91 bits per heavy atom. The number of hydrogen-bond acceptors (Lipinski definition) is 6. The molecule has 1 amide bonds. The van der Waals surface area contributed by atoms with Crippen molar-refractivity contribution in [3.63, 3.8) is 0 Å². The molecule has 2 heterocycles. The van der Waals surface area contributed by atoms with Crippen molar-refractivity contribution in [2.75, 3.05) is 46.1 Å². The number of nitrogens with zero attached hydrogens (tertiary/aromatic N) is 2. The fourth-order valence-electron chi connectivity index (χ4n) is 2.37. The zero-order valence-corrected chi connectivity index (χ0v) is 12.3. The highest BCUT2D eigenvalue weighted by Gasteiger charge is 2.15. The van der Waals surface area contributed by atoms with Crippen LogP contribution in [0.3, 0.4) is 0 Å². The van der Waals surface area contributed by atoms with Crippen molar-refractivity contribution in [2.24, 2.45) is 5.10 Å². The molecule has 7 nitrogen and oxygen atoms in total. The van der Waals surface area contributed by atoms with E-state index in [1.54, 1.807) is 6.21 Å². The number of para-hydroxylation sites is 1. The second kappa shape index (κ2) is 7.24. The standard InChI is InChI=1S/C15H19N3O4/c19-14(11-18-4-6-20-7-5-18)17-16-10-12-2-1-3-13-15(12)22-9-8-21-13/h1-3,10H,4-9,11H2,(H,17,19). The second-order valence-electron chi connectivity index (χ2n) is 5.05. The lowest BCUT2D eigenvalue weighted by Gasteiger charge is -2.25. The molecule has 0 aliphatic carbocycles. The highest BCUT2D eigenvalue weighted by Crippen LogP contribution is 2.32. The largest absolute Gasteiger partial charge is 0.486 e. The molecule has 1 fully saturated rings. The van der Waals surface area contributed by atoms with Crippen molar-refractivity contribution in [1.29, 1.82) is 0 Å². The minimum atomic E-state index is -0.139. The van der Waals surface area contributed by atoms with Crippen LogP contribution in [0.2, 0.25) is 0 Å². The summed E-state index contributed by atoms with van der Waals surface area (Å²) in [6, 6.07) is 5.58. The van der Waals surface area contributed by atoms with Gasteiger partial charge >= 0.3 is 0 Å². The number of nitrogens with one attached hydrogen (secondary N) is 1. The van der Waals surface area contributed by atoms with Gasteiger partial charge in [0, 0.05) is 18.7 Å². The Hall–Kier alpha value is -2.12. The number of carbonyl (C=O) groups excluding carboxylic acids is 1. The fourth-order valence-corrected chi connectivity index (χ4v) is 2.37.